The number of methoxy groups -OCH3 is 1. The van der Waals surface area contributed by atoms with Crippen molar-refractivity contribution in [2.75, 3.05) is 13.7 Å². The van der Waals surface area contributed by atoms with Gasteiger partial charge in [0.05, 0.1) is 7.11 Å². The maximum absolute atomic E-state index is 6.05. The number of hydrogen-bond donors (Lipinski definition) is 2. The van der Waals surface area contributed by atoms with Crippen molar-refractivity contribution >= 4 is 0 Å². The lowest BCUT2D eigenvalue weighted by Crippen LogP contribution is -2.10. The molecule has 4 N–H and O–H groups in total. The van der Waals surface area contributed by atoms with E-state index < -0.39 is 0 Å². The molecule has 0 amide bonds. The van der Waals surface area contributed by atoms with Crippen LogP contribution in [0.3, 0.4) is 0 Å². The monoisotopic (exact) mass is 208 g/mol. The van der Waals surface area contributed by atoms with Gasteiger partial charge in [-0.1, -0.05) is 18.6 Å². The molecule has 0 spiro atoms. The maximum atomic E-state index is 6.05. The van der Waals surface area contributed by atoms with Gasteiger partial charge in [0.1, 0.15) is 5.75 Å². The van der Waals surface area contributed by atoms with Gasteiger partial charge < -0.3 is 16.2 Å². The molecule has 0 heterocycles. The van der Waals surface area contributed by atoms with E-state index >= 15 is 0 Å². The van der Waals surface area contributed by atoms with Gasteiger partial charge in [-0.2, -0.15) is 0 Å². The number of unbranched alkanes of at least 4 members (excludes halogenated alkanes) is 1. The topological polar surface area (TPSA) is 61.3 Å². The summed E-state index contributed by atoms with van der Waals surface area (Å²) in [6.07, 6.45) is 3.12. The molecule has 0 radical (unpaired) electrons. The molecule has 0 aromatic heterocycles. The maximum Gasteiger partial charge on any atom is 0.118 e. The zero-order chi connectivity index (χ0) is 11.1. The van der Waals surface area contributed by atoms with Gasteiger partial charge in [-0.3, -0.25) is 0 Å². The van der Waals surface area contributed by atoms with Crippen molar-refractivity contribution in [2.24, 2.45) is 11.5 Å². The second kappa shape index (κ2) is 6.43. The third kappa shape index (κ3) is 3.90. The van der Waals surface area contributed by atoms with Crippen molar-refractivity contribution in [3.8, 4) is 5.75 Å². The molecule has 0 saturated heterocycles. The summed E-state index contributed by atoms with van der Waals surface area (Å²) in [5, 5.41) is 0. The smallest absolute Gasteiger partial charge is 0.118 e. The Bertz CT molecular complexity index is 271. The molecule has 0 saturated carbocycles. The molecule has 0 aliphatic heterocycles. The van der Waals surface area contributed by atoms with Crippen LogP contribution in [0.1, 0.15) is 30.9 Å². The highest BCUT2D eigenvalue weighted by atomic mass is 16.5. The van der Waals surface area contributed by atoms with E-state index in [1.54, 1.807) is 7.11 Å². The van der Waals surface area contributed by atoms with Crippen molar-refractivity contribution in [3.63, 3.8) is 0 Å². The van der Waals surface area contributed by atoms with Crippen molar-refractivity contribution in [1.29, 1.82) is 0 Å². The van der Waals surface area contributed by atoms with Crippen LogP contribution in [0.5, 0.6) is 5.75 Å². The Morgan fingerprint density at radius 3 is 2.40 bits per heavy atom. The lowest BCUT2D eigenvalue weighted by molar-refractivity contribution is 0.414. The van der Waals surface area contributed by atoms with Gasteiger partial charge in [0, 0.05) is 6.04 Å². The lowest BCUT2D eigenvalue weighted by atomic mass is 10.0. The Balaban J connectivity index is 2.46. The quantitative estimate of drug-likeness (QED) is 0.701. The van der Waals surface area contributed by atoms with Crippen molar-refractivity contribution in [3.05, 3.63) is 29.8 Å². The zero-order valence-electron chi connectivity index (χ0n) is 9.28. The van der Waals surface area contributed by atoms with E-state index in [1.165, 1.54) is 0 Å². The first kappa shape index (κ1) is 12.0. The Morgan fingerprint density at radius 2 is 1.87 bits per heavy atom. The minimum atomic E-state index is 0.113. The van der Waals surface area contributed by atoms with Crippen LogP contribution < -0.4 is 16.2 Å². The molecular weight excluding hydrogens is 188 g/mol. The van der Waals surface area contributed by atoms with Crippen LogP contribution in [0.2, 0.25) is 0 Å². The van der Waals surface area contributed by atoms with Crippen molar-refractivity contribution < 1.29 is 4.74 Å². The summed E-state index contributed by atoms with van der Waals surface area (Å²) in [5.74, 6) is 0.868. The SMILES string of the molecule is COc1ccc([C@@H](N)CCCCN)cc1. The highest BCUT2D eigenvalue weighted by molar-refractivity contribution is 5.28. The fourth-order valence-electron chi connectivity index (χ4n) is 1.53. The Kier molecular flexibility index (Phi) is 5.15. The fourth-order valence-corrected chi connectivity index (χ4v) is 1.53. The minimum absolute atomic E-state index is 0.113. The van der Waals surface area contributed by atoms with Gasteiger partial charge in [0.15, 0.2) is 0 Å². The van der Waals surface area contributed by atoms with Gasteiger partial charge >= 0.3 is 0 Å². The molecule has 3 heteroatoms. The summed E-state index contributed by atoms with van der Waals surface area (Å²) >= 11 is 0. The average molecular weight is 208 g/mol. The van der Waals surface area contributed by atoms with Gasteiger partial charge in [-0.25, -0.2) is 0 Å². The normalized spacial score (nSPS) is 12.5. The van der Waals surface area contributed by atoms with E-state index in [0.29, 0.717) is 0 Å². The third-order valence-electron chi connectivity index (χ3n) is 2.51. The van der Waals surface area contributed by atoms with E-state index in [1.807, 2.05) is 24.3 Å². The number of benzene rings is 1. The largest absolute Gasteiger partial charge is 0.497 e. The number of ether oxygens (including phenoxy) is 1. The standard InChI is InChI=1S/C12H20N2O/c1-15-11-7-5-10(6-8-11)12(14)4-2-3-9-13/h5-8,12H,2-4,9,13-14H2,1H3/t12-/m0/s1. The highest BCUT2D eigenvalue weighted by Gasteiger charge is 2.05. The van der Waals surface area contributed by atoms with E-state index in [0.717, 1.165) is 37.1 Å². The predicted molar refractivity (Wildman–Crippen MR) is 62.8 cm³/mol. The van der Waals surface area contributed by atoms with Gasteiger partial charge in [-0.05, 0) is 37.1 Å². The molecule has 0 bridgehead atoms. The third-order valence-corrected chi connectivity index (χ3v) is 2.51. The van der Waals surface area contributed by atoms with Crippen LogP contribution in [-0.2, 0) is 0 Å². The van der Waals surface area contributed by atoms with Crippen LogP contribution in [0.15, 0.2) is 24.3 Å². The van der Waals surface area contributed by atoms with Gasteiger partial charge in [0.25, 0.3) is 0 Å². The fraction of sp³-hybridized carbons (Fsp3) is 0.500. The van der Waals surface area contributed by atoms with Crippen LogP contribution in [0, 0.1) is 0 Å². The molecule has 1 rings (SSSR count). The molecule has 3 nitrogen and oxygen atoms in total. The lowest BCUT2D eigenvalue weighted by Gasteiger charge is -2.12. The van der Waals surface area contributed by atoms with Gasteiger partial charge in [-0.15, -0.1) is 0 Å². The Hall–Kier alpha value is -1.06. The van der Waals surface area contributed by atoms with Crippen LogP contribution in [0.4, 0.5) is 0 Å². The summed E-state index contributed by atoms with van der Waals surface area (Å²) in [5.41, 5.74) is 12.6. The molecule has 0 aliphatic carbocycles. The number of hydrogen-bond acceptors (Lipinski definition) is 3. The van der Waals surface area contributed by atoms with Gasteiger partial charge in [0.2, 0.25) is 0 Å². The molecule has 0 aliphatic rings. The number of nitrogens with two attached hydrogens (primary N) is 2. The molecular formula is C12H20N2O. The summed E-state index contributed by atoms with van der Waals surface area (Å²) in [6, 6.07) is 8.04. The first-order valence-electron chi connectivity index (χ1n) is 5.37. The summed E-state index contributed by atoms with van der Waals surface area (Å²) in [7, 11) is 1.66. The molecule has 1 aromatic carbocycles. The molecule has 0 unspecified atom stereocenters. The van der Waals surface area contributed by atoms with E-state index in [4.69, 9.17) is 16.2 Å². The van der Waals surface area contributed by atoms with Crippen LogP contribution in [0.25, 0.3) is 0 Å². The first-order chi connectivity index (χ1) is 7.27. The average Bonchev–Trinajstić information content (AvgIpc) is 2.29. The first-order valence-corrected chi connectivity index (χ1v) is 5.37. The number of rotatable bonds is 6. The van der Waals surface area contributed by atoms with E-state index in [-0.39, 0.29) is 6.04 Å². The van der Waals surface area contributed by atoms with E-state index in [9.17, 15) is 0 Å². The summed E-state index contributed by atoms with van der Waals surface area (Å²) in [6.45, 7) is 0.745. The highest BCUT2D eigenvalue weighted by Crippen LogP contribution is 2.19. The summed E-state index contributed by atoms with van der Waals surface area (Å²) < 4.78 is 5.09. The summed E-state index contributed by atoms with van der Waals surface area (Å²) in [4.78, 5) is 0. The molecule has 84 valence electrons. The second-order valence-corrected chi connectivity index (χ2v) is 3.66. The zero-order valence-corrected chi connectivity index (χ0v) is 9.28. The molecule has 1 aromatic rings. The molecule has 15 heavy (non-hydrogen) atoms. The van der Waals surface area contributed by atoms with E-state index in [2.05, 4.69) is 0 Å². The van der Waals surface area contributed by atoms with Crippen LogP contribution in [-0.4, -0.2) is 13.7 Å². The van der Waals surface area contributed by atoms with Crippen molar-refractivity contribution in [2.45, 2.75) is 25.3 Å². The molecule has 1 atom stereocenters. The Labute approximate surface area is 91.4 Å². The second-order valence-electron chi connectivity index (χ2n) is 3.66. The molecule has 0 fully saturated rings. The van der Waals surface area contributed by atoms with Crippen molar-refractivity contribution in [1.82, 2.24) is 0 Å². The van der Waals surface area contributed by atoms with Crippen LogP contribution >= 0.6 is 0 Å². The minimum Gasteiger partial charge on any atom is -0.497 e. The predicted octanol–water partition coefficient (Wildman–Crippen LogP) is 1.82. The Morgan fingerprint density at radius 1 is 1.20 bits per heavy atom.